The van der Waals surface area contributed by atoms with Crippen LogP contribution >= 0.6 is 0 Å². The molecule has 0 rings (SSSR count). The Kier molecular flexibility index (Phi) is 17.6. The lowest BCUT2D eigenvalue weighted by Crippen LogP contribution is -2.22. The topological polar surface area (TPSA) is 18.5 Å². The first-order valence-electron chi connectivity index (χ1n) is 5.64. The zero-order valence-electron chi connectivity index (χ0n) is 12.5. The van der Waals surface area contributed by atoms with E-state index in [2.05, 4.69) is 52.4 Å². The molecule has 0 heterocycles. The summed E-state index contributed by atoms with van der Waals surface area (Å²) in [5.74, 6) is 0. The molecule has 0 aliphatic heterocycles. The highest BCUT2D eigenvalue weighted by Crippen LogP contribution is 1.97. The van der Waals surface area contributed by atoms with Crippen LogP contribution in [0.3, 0.4) is 0 Å². The molecule has 96 valence electrons. The van der Waals surface area contributed by atoms with Crippen molar-refractivity contribution in [2.75, 3.05) is 14.2 Å². The molecule has 5 heteroatoms. The molecule has 0 aromatic carbocycles. The third kappa shape index (κ3) is 74.2. The molecule has 0 aromatic heterocycles. The lowest BCUT2D eigenvalue weighted by Gasteiger charge is -2.10. The predicted octanol–water partition coefficient (Wildman–Crippen LogP) is 3.19. The summed E-state index contributed by atoms with van der Waals surface area (Å²) in [4.78, 5) is 0. The second-order valence-electron chi connectivity index (χ2n) is 5.33. The van der Waals surface area contributed by atoms with Crippen molar-refractivity contribution in [1.82, 2.24) is 0 Å². The van der Waals surface area contributed by atoms with E-state index in [1.165, 1.54) is 0 Å². The van der Waals surface area contributed by atoms with Gasteiger partial charge in [0.2, 0.25) is 0 Å². The van der Waals surface area contributed by atoms with Crippen LogP contribution in [0.1, 0.15) is 0 Å². The van der Waals surface area contributed by atoms with E-state index in [0.717, 1.165) is 0 Å². The summed E-state index contributed by atoms with van der Waals surface area (Å²) >= 11 is 0. The Morgan fingerprint density at radius 3 is 0.933 bits per heavy atom. The van der Waals surface area contributed by atoms with Crippen LogP contribution in [0.4, 0.5) is 0 Å². The molecule has 0 atom stereocenters. The van der Waals surface area contributed by atoms with Gasteiger partial charge in [-0.1, -0.05) is 19.6 Å². The summed E-state index contributed by atoms with van der Waals surface area (Å²) in [6, 6.07) is 0. The van der Waals surface area contributed by atoms with Gasteiger partial charge in [0.1, 0.15) is 0 Å². The summed E-state index contributed by atoms with van der Waals surface area (Å²) in [6.45, 7) is 17.7. The van der Waals surface area contributed by atoms with E-state index in [-0.39, 0.29) is 8.80 Å². The maximum absolute atomic E-state index is 5.08. The molecular weight excluding hydrogens is 236 g/mol. The fourth-order valence-electron chi connectivity index (χ4n) is 0. The Morgan fingerprint density at radius 1 is 0.800 bits per heavy atom. The average Bonchev–Trinajstić information content (AvgIpc) is 2.03. The van der Waals surface area contributed by atoms with Crippen molar-refractivity contribution in [2.24, 2.45) is 0 Å². The first kappa shape index (κ1) is 20.9. The Bertz CT molecular complexity index is 109. The molecule has 2 nitrogen and oxygen atoms in total. The molecule has 0 radical (unpaired) electrons. The van der Waals surface area contributed by atoms with Gasteiger partial charge in [0.15, 0.2) is 17.4 Å². The van der Waals surface area contributed by atoms with E-state index in [1.54, 1.807) is 14.2 Å². The van der Waals surface area contributed by atoms with Crippen LogP contribution in [0.15, 0.2) is 0 Å². The molecule has 15 heavy (non-hydrogen) atoms. The van der Waals surface area contributed by atoms with Crippen molar-refractivity contribution in [1.29, 1.82) is 0 Å². The van der Waals surface area contributed by atoms with Gasteiger partial charge >= 0.3 is 0 Å². The van der Waals surface area contributed by atoms with Crippen molar-refractivity contribution in [3.8, 4) is 0 Å². The van der Waals surface area contributed by atoms with Crippen LogP contribution in [-0.2, 0) is 8.85 Å². The molecular formula is C10H32O2Si3. The highest BCUT2D eigenvalue weighted by atomic mass is 28.4. The van der Waals surface area contributed by atoms with Crippen molar-refractivity contribution >= 4 is 26.2 Å². The van der Waals surface area contributed by atoms with Gasteiger partial charge in [0, 0.05) is 23.0 Å². The van der Waals surface area contributed by atoms with Crippen molar-refractivity contribution < 1.29 is 8.85 Å². The number of rotatable bonds is 2. The minimum Gasteiger partial charge on any atom is -0.424 e. The first-order chi connectivity index (χ1) is 6.56. The fourth-order valence-corrected chi connectivity index (χ4v) is 0. The van der Waals surface area contributed by atoms with E-state index in [1.807, 2.05) is 0 Å². The molecule has 0 aliphatic rings. The van der Waals surface area contributed by atoms with Crippen molar-refractivity contribution in [3.05, 3.63) is 0 Å². The second-order valence-corrected chi connectivity index (χ2v) is 16.0. The Hall–Kier alpha value is 0.571. The van der Waals surface area contributed by atoms with Crippen LogP contribution in [0.2, 0.25) is 52.4 Å². The van der Waals surface area contributed by atoms with Crippen LogP contribution in [-0.4, -0.2) is 40.4 Å². The lowest BCUT2D eigenvalue weighted by molar-refractivity contribution is 0.411. The summed E-state index contributed by atoms with van der Waals surface area (Å²) in [6.07, 6.45) is 0. The molecule has 0 amide bonds. The van der Waals surface area contributed by atoms with Crippen LogP contribution in [0, 0.1) is 0 Å². The Labute approximate surface area is 102 Å². The quantitative estimate of drug-likeness (QED) is 0.716. The summed E-state index contributed by atoms with van der Waals surface area (Å²) in [5.41, 5.74) is 0. The summed E-state index contributed by atoms with van der Waals surface area (Å²) < 4.78 is 9.97. The van der Waals surface area contributed by atoms with Gasteiger partial charge in [-0.3, -0.25) is 0 Å². The van der Waals surface area contributed by atoms with Gasteiger partial charge in [-0.15, -0.1) is 0 Å². The molecule has 0 unspecified atom stereocenters. The molecule has 0 spiro atoms. The minimum atomic E-state index is -1.13. The highest BCUT2D eigenvalue weighted by molar-refractivity contribution is 6.69. The smallest absolute Gasteiger partial charge is 0.183 e. The Balaban J connectivity index is -0.000000147. The average molecular weight is 269 g/mol. The van der Waals surface area contributed by atoms with E-state index in [9.17, 15) is 0 Å². The Morgan fingerprint density at radius 2 is 0.933 bits per heavy atom. The van der Waals surface area contributed by atoms with E-state index in [0.29, 0.717) is 0 Å². The van der Waals surface area contributed by atoms with E-state index >= 15 is 0 Å². The van der Waals surface area contributed by atoms with Crippen molar-refractivity contribution in [3.63, 3.8) is 0 Å². The number of hydrogen-bond acceptors (Lipinski definition) is 2. The van der Waals surface area contributed by atoms with Gasteiger partial charge in [0.05, 0.1) is 0 Å². The SMILES string of the molecule is CO[SiH](C)C.CO[Si](C)(C)C.C[SiH](C)C. The molecule has 0 aromatic rings. The molecule has 0 N–H and O–H groups in total. The lowest BCUT2D eigenvalue weighted by atomic mass is 11.8. The zero-order chi connectivity index (χ0) is 13.1. The fraction of sp³-hybridized carbons (Fsp3) is 1.00. The molecule has 0 saturated heterocycles. The highest BCUT2D eigenvalue weighted by Gasteiger charge is 2.09. The van der Waals surface area contributed by atoms with Crippen LogP contribution < -0.4 is 0 Å². The minimum absolute atomic E-state index is 0.139. The largest absolute Gasteiger partial charge is 0.424 e. The normalized spacial score (nSPS) is 10.4. The third-order valence-electron chi connectivity index (χ3n) is 1.08. The summed E-state index contributed by atoms with van der Waals surface area (Å²) in [7, 11) is 1.61. The second kappa shape index (κ2) is 12.6. The van der Waals surface area contributed by atoms with E-state index in [4.69, 9.17) is 8.85 Å². The molecule has 0 saturated carbocycles. The van der Waals surface area contributed by atoms with Crippen molar-refractivity contribution in [2.45, 2.75) is 52.4 Å². The molecule has 0 bridgehead atoms. The monoisotopic (exact) mass is 268 g/mol. The van der Waals surface area contributed by atoms with Crippen LogP contribution in [0.25, 0.3) is 0 Å². The van der Waals surface area contributed by atoms with E-state index < -0.39 is 17.4 Å². The number of hydrogen-bond donors (Lipinski definition) is 0. The van der Waals surface area contributed by atoms with Gasteiger partial charge < -0.3 is 8.85 Å². The zero-order valence-corrected chi connectivity index (χ0v) is 15.8. The first-order valence-corrected chi connectivity index (χ1v) is 15.3. The van der Waals surface area contributed by atoms with Crippen LogP contribution in [0.5, 0.6) is 0 Å². The van der Waals surface area contributed by atoms with Gasteiger partial charge in [0.25, 0.3) is 0 Å². The van der Waals surface area contributed by atoms with Gasteiger partial charge in [-0.25, -0.2) is 0 Å². The summed E-state index contributed by atoms with van der Waals surface area (Å²) in [5, 5.41) is 0. The third-order valence-corrected chi connectivity index (χ3v) is 3.25. The van der Waals surface area contributed by atoms with Gasteiger partial charge in [-0.05, 0) is 32.7 Å². The maximum atomic E-state index is 5.08. The maximum Gasteiger partial charge on any atom is 0.183 e. The standard InChI is InChI=1S/C4H12OSi.C3H10OSi.C3H10Si/c1-5-6(2,3)4;1-4-5(2)3;1-4(2)3/h1-4H3;5H,1-3H3;4H,1-3H3. The van der Waals surface area contributed by atoms with Gasteiger partial charge in [-0.2, -0.15) is 0 Å². The molecule has 0 aliphatic carbocycles. The predicted molar refractivity (Wildman–Crippen MR) is 81.0 cm³/mol. The molecule has 0 fully saturated rings.